The summed E-state index contributed by atoms with van der Waals surface area (Å²) in [5.41, 5.74) is 8.07. The molecule has 1 unspecified atom stereocenters. The monoisotopic (exact) mass is 456 g/mol. The molecule has 6 nitrogen and oxygen atoms in total. The summed E-state index contributed by atoms with van der Waals surface area (Å²) < 4.78 is 17.4. The number of hydrogen-bond donors (Lipinski definition) is 1. The number of fused-ring (bicyclic) bond motifs is 2. The van der Waals surface area contributed by atoms with Crippen molar-refractivity contribution in [1.29, 1.82) is 5.26 Å². The van der Waals surface area contributed by atoms with Gasteiger partial charge in [-0.2, -0.15) is 5.26 Å². The second kappa shape index (κ2) is 8.38. The maximum atomic E-state index is 13.5. The van der Waals surface area contributed by atoms with Crippen molar-refractivity contribution < 1.29 is 13.9 Å². The SMILES string of the molecule is N#CC1=C(N)Oc2oc3ccccc3c(=O)c2C1c1ccccc1COc1ccc(Cl)cc1. The Kier molecular flexibility index (Phi) is 5.25. The zero-order chi connectivity index (χ0) is 22.9. The number of nitriles is 1. The minimum Gasteiger partial charge on any atom is -0.489 e. The highest BCUT2D eigenvalue weighted by atomic mass is 35.5. The minimum absolute atomic E-state index is 0.00590. The predicted molar refractivity (Wildman–Crippen MR) is 124 cm³/mol. The summed E-state index contributed by atoms with van der Waals surface area (Å²) in [6.45, 7) is 0.210. The van der Waals surface area contributed by atoms with Crippen LogP contribution in [0.5, 0.6) is 11.7 Å². The summed E-state index contributed by atoms with van der Waals surface area (Å²) in [7, 11) is 0. The molecule has 162 valence electrons. The van der Waals surface area contributed by atoms with Gasteiger partial charge in [0.15, 0.2) is 0 Å². The van der Waals surface area contributed by atoms with Crippen LogP contribution in [-0.2, 0) is 6.61 Å². The lowest BCUT2D eigenvalue weighted by Crippen LogP contribution is -2.27. The second-order valence-corrected chi connectivity index (χ2v) is 7.93. The molecule has 5 rings (SSSR count). The molecule has 1 atom stereocenters. The van der Waals surface area contributed by atoms with Crippen LogP contribution in [-0.4, -0.2) is 0 Å². The standard InChI is InChI=1S/C26H17ClN2O4/c27-16-9-11-17(12-10-16)31-14-15-5-1-2-6-18(15)22-20(13-28)25(29)33-26-23(22)24(30)19-7-3-4-8-21(19)32-26/h1-12,22H,14,29H2. The predicted octanol–water partition coefficient (Wildman–Crippen LogP) is 5.24. The van der Waals surface area contributed by atoms with Crippen molar-refractivity contribution in [2.75, 3.05) is 0 Å². The lowest BCUT2D eigenvalue weighted by atomic mass is 9.82. The van der Waals surface area contributed by atoms with E-state index in [1.165, 1.54) is 0 Å². The van der Waals surface area contributed by atoms with Gasteiger partial charge in [-0.3, -0.25) is 4.79 Å². The van der Waals surface area contributed by atoms with Gasteiger partial charge in [-0.25, -0.2) is 0 Å². The summed E-state index contributed by atoms with van der Waals surface area (Å²) >= 11 is 5.95. The Morgan fingerprint density at radius 1 is 1.03 bits per heavy atom. The average molecular weight is 457 g/mol. The van der Waals surface area contributed by atoms with Crippen LogP contribution < -0.4 is 20.6 Å². The van der Waals surface area contributed by atoms with E-state index in [0.29, 0.717) is 27.3 Å². The van der Waals surface area contributed by atoms with Crippen LogP contribution in [0, 0.1) is 11.3 Å². The molecule has 1 aliphatic rings. The third-order valence-corrected chi connectivity index (χ3v) is 5.79. The molecule has 2 N–H and O–H groups in total. The molecular weight excluding hydrogens is 440 g/mol. The van der Waals surface area contributed by atoms with Gasteiger partial charge in [0, 0.05) is 5.02 Å². The second-order valence-electron chi connectivity index (χ2n) is 7.49. The van der Waals surface area contributed by atoms with E-state index in [1.807, 2.05) is 24.3 Å². The molecule has 4 aromatic rings. The van der Waals surface area contributed by atoms with E-state index in [0.717, 1.165) is 5.56 Å². The summed E-state index contributed by atoms with van der Waals surface area (Å²) in [6, 6.07) is 23.5. The number of halogens is 1. The Balaban J connectivity index is 1.65. The van der Waals surface area contributed by atoms with Crippen molar-refractivity contribution in [3.8, 4) is 17.8 Å². The molecule has 0 amide bonds. The fourth-order valence-corrected chi connectivity index (χ4v) is 4.10. The molecule has 0 radical (unpaired) electrons. The highest BCUT2D eigenvalue weighted by molar-refractivity contribution is 6.30. The van der Waals surface area contributed by atoms with Crippen LogP contribution in [0.4, 0.5) is 0 Å². The lowest BCUT2D eigenvalue weighted by molar-refractivity contribution is 0.292. The molecule has 3 aromatic carbocycles. The van der Waals surface area contributed by atoms with Crippen molar-refractivity contribution in [1.82, 2.24) is 0 Å². The first-order valence-electron chi connectivity index (χ1n) is 10.2. The van der Waals surface area contributed by atoms with Crippen molar-refractivity contribution in [2.24, 2.45) is 5.73 Å². The fourth-order valence-electron chi connectivity index (χ4n) is 3.97. The number of ether oxygens (including phenoxy) is 2. The molecule has 0 spiro atoms. The quantitative estimate of drug-likeness (QED) is 0.450. The molecule has 0 saturated heterocycles. The Morgan fingerprint density at radius 3 is 2.55 bits per heavy atom. The van der Waals surface area contributed by atoms with Crippen LogP contribution in [0.25, 0.3) is 11.0 Å². The van der Waals surface area contributed by atoms with Gasteiger partial charge in [0.05, 0.1) is 16.9 Å². The van der Waals surface area contributed by atoms with Crippen LogP contribution in [0.15, 0.2) is 93.5 Å². The normalized spacial score (nSPS) is 15.0. The molecule has 0 saturated carbocycles. The van der Waals surface area contributed by atoms with E-state index in [-0.39, 0.29) is 35.0 Å². The molecule has 33 heavy (non-hydrogen) atoms. The Bertz CT molecular complexity index is 1500. The van der Waals surface area contributed by atoms with Gasteiger partial charge in [0.1, 0.15) is 29.6 Å². The van der Waals surface area contributed by atoms with Crippen LogP contribution in [0.3, 0.4) is 0 Å². The first-order chi connectivity index (χ1) is 16.1. The van der Waals surface area contributed by atoms with E-state index in [1.54, 1.807) is 48.5 Å². The number of benzene rings is 3. The molecule has 1 aliphatic heterocycles. The van der Waals surface area contributed by atoms with Crippen molar-refractivity contribution in [3.05, 3.63) is 116 Å². The molecule has 1 aromatic heterocycles. The van der Waals surface area contributed by atoms with Gasteiger partial charge in [0.2, 0.25) is 11.3 Å². The van der Waals surface area contributed by atoms with Gasteiger partial charge in [-0.1, -0.05) is 48.0 Å². The van der Waals surface area contributed by atoms with Gasteiger partial charge in [-0.05, 0) is 47.5 Å². The third-order valence-electron chi connectivity index (χ3n) is 5.54. The van der Waals surface area contributed by atoms with E-state index < -0.39 is 5.92 Å². The smallest absolute Gasteiger partial charge is 0.300 e. The highest BCUT2D eigenvalue weighted by Crippen LogP contribution is 2.42. The zero-order valence-corrected chi connectivity index (χ0v) is 18.0. The van der Waals surface area contributed by atoms with Crippen LogP contribution >= 0.6 is 11.6 Å². The van der Waals surface area contributed by atoms with Gasteiger partial charge >= 0.3 is 0 Å². The summed E-state index contributed by atoms with van der Waals surface area (Å²) in [5.74, 6) is -0.220. The van der Waals surface area contributed by atoms with Crippen LogP contribution in [0.1, 0.15) is 22.6 Å². The summed E-state index contributed by atoms with van der Waals surface area (Å²) in [6.07, 6.45) is 0. The summed E-state index contributed by atoms with van der Waals surface area (Å²) in [4.78, 5) is 13.5. The number of nitrogens with zero attached hydrogens (tertiary/aromatic N) is 1. The Labute approximate surface area is 194 Å². The highest BCUT2D eigenvalue weighted by Gasteiger charge is 2.36. The third kappa shape index (κ3) is 3.69. The average Bonchev–Trinajstić information content (AvgIpc) is 2.83. The summed E-state index contributed by atoms with van der Waals surface area (Å²) in [5, 5.41) is 10.9. The first kappa shape index (κ1) is 20.7. The fraction of sp³-hybridized carbons (Fsp3) is 0.0769. The van der Waals surface area contributed by atoms with Crippen molar-refractivity contribution in [3.63, 3.8) is 0 Å². The largest absolute Gasteiger partial charge is 0.489 e. The van der Waals surface area contributed by atoms with E-state index >= 15 is 0 Å². The van der Waals surface area contributed by atoms with E-state index in [9.17, 15) is 10.1 Å². The van der Waals surface area contributed by atoms with Crippen LogP contribution in [0.2, 0.25) is 5.02 Å². The zero-order valence-electron chi connectivity index (χ0n) is 17.2. The topological polar surface area (TPSA) is 98.5 Å². The maximum Gasteiger partial charge on any atom is 0.300 e. The van der Waals surface area contributed by atoms with Crippen molar-refractivity contribution >= 4 is 22.6 Å². The van der Waals surface area contributed by atoms with Crippen molar-refractivity contribution in [2.45, 2.75) is 12.5 Å². The number of para-hydroxylation sites is 1. The number of rotatable bonds is 4. The first-order valence-corrected chi connectivity index (χ1v) is 10.5. The lowest BCUT2D eigenvalue weighted by Gasteiger charge is -2.26. The number of nitrogens with two attached hydrogens (primary N) is 1. The molecular formula is C26H17ClN2O4. The molecule has 0 fully saturated rings. The van der Waals surface area contributed by atoms with E-state index in [4.69, 9.17) is 31.2 Å². The Hall–Kier alpha value is -4.21. The van der Waals surface area contributed by atoms with Gasteiger partial charge < -0.3 is 19.6 Å². The molecule has 0 aliphatic carbocycles. The van der Waals surface area contributed by atoms with Gasteiger partial charge in [0.25, 0.3) is 5.95 Å². The van der Waals surface area contributed by atoms with E-state index in [2.05, 4.69) is 6.07 Å². The molecule has 7 heteroatoms. The minimum atomic E-state index is -0.760. The molecule has 0 bridgehead atoms. The Morgan fingerprint density at radius 2 is 1.76 bits per heavy atom. The number of allylic oxidation sites excluding steroid dienone is 1. The number of hydrogen-bond acceptors (Lipinski definition) is 6. The molecule has 2 heterocycles. The maximum absolute atomic E-state index is 13.5. The van der Waals surface area contributed by atoms with Gasteiger partial charge in [-0.15, -0.1) is 0 Å².